The van der Waals surface area contributed by atoms with Gasteiger partial charge in [0.1, 0.15) is 5.54 Å². The van der Waals surface area contributed by atoms with Gasteiger partial charge in [0.2, 0.25) is 0 Å². The van der Waals surface area contributed by atoms with Gasteiger partial charge in [-0.25, -0.2) is 0 Å². The van der Waals surface area contributed by atoms with Gasteiger partial charge in [-0.15, -0.1) is 0 Å². The lowest BCUT2D eigenvalue weighted by Crippen LogP contribution is -2.52. The monoisotopic (exact) mass is 209 g/mol. The van der Waals surface area contributed by atoms with Crippen LogP contribution in [0.5, 0.6) is 0 Å². The normalized spacial score (nSPS) is 31.5. The summed E-state index contributed by atoms with van der Waals surface area (Å²) in [5, 5.41) is 12.7. The van der Waals surface area contributed by atoms with Crippen LogP contribution in [0.2, 0.25) is 0 Å². The van der Waals surface area contributed by atoms with Crippen LogP contribution in [0, 0.1) is 11.3 Å². The summed E-state index contributed by atoms with van der Waals surface area (Å²) in [6.07, 6.45) is 4.38. The van der Waals surface area contributed by atoms with Crippen molar-refractivity contribution >= 4 is 0 Å². The molecule has 0 aliphatic heterocycles. The zero-order chi connectivity index (χ0) is 11.3. The van der Waals surface area contributed by atoms with Gasteiger partial charge in [-0.3, -0.25) is 5.32 Å². The van der Waals surface area contributed by atoms with Crippen LogP contribution in [-0.2, 0) is 0 Å². The Morgan fingerprint density at radius 1 is 1.53 bits per heavy atom. The summed E-state index contributed by atoms with van der Waals surface area (Å²) in [7, 11) is 2.16. The molecular weight excluding hydrogens is 186 g/mol. The number of nitrogens with zero attached hydrogens (tertiary/aromatic N) is 2. The van der Waals surface area contributed by atoms with Crippen molar-refractivity contribution in [2.45, 2.75) is 51.1 Å². The molecule has 0 heterocycles. The minimum atomic E-state index is -0.263. The third kappa shape index (κ3) is 2.93. The molecule has 3 nitrogen and oxygen atoms in total. The lowest BCUT2D eigenvalue weighted by Gasteiger charge is -2.40. The van der Waals surface area contributed by atoms with E-state index in [1.54, 1.807) is 0 Å². The van der Waals surface area contributed by atoms with Crippen LogP contribution < -0.4 is 5.32 Å². The van der Waals surface area contributed by atoms with Gasteiger partial charge in [0.25, 0.3) is 0 Å². The molecule has 1 aliphatic carbocycles. The van der Waals surface area contributed by atoms with Crippen molar-refractivity contribution in [3.8, 4) is 6.07 Å². The summed E-state index contributed by atoms with van der Waals surface area (Å²) in [4.78, 5) is 2.36. The molecule has 15 heavy (non-hydrogen) atoms. The topological polar surface area (TPSA) is 39.1 Å². The maximum absolute atomic E-state index is 9.31. The Morgan fingerprint density at radius 3 is 2.80 bits per heavy atom. The molecule has 0 amide bonds. The Bertz CT molecular complexity index is 230. The molecule has 0 aromatic rings. The Hall–Kier alpha value is -0.590. The lowest BCUT2D eigenvalue weighted by molar-refractivity contribution is 0.151. The maximum atomic E-state index is 9.31. The fraction of sp³-hybridized carbons (Fsp3) is 0.917. The minimum Gasteiger partial charge on any atom is -0.304 e. The van der Waals surface area contributed by atoms with Gasteiger partial charge in [-0.05, 0) is 45.8 Å². The number of rotatable bonds is 4. The second-order valence-electron chi connectivity index (χ2n) is 4.55. The molecule has 0 radical (unpaired) electrons. The van der Waals surface area contributed by atoms with E-state index < -0.39 is 0 Å². The Kier molecular flexibility index (Phi) is 4.56. The average molecular weight is 209 g/mol. The smallest absolute Gasteiger partial charge is 0.108 e. The van der Waals surface area contributed by atoms with Gasteiger partial charge in [-0.2, -0.15) is 5.26 Å². The first-order valence-electron chi connectivity index (χ1n) is 6.04. The van der Waals surface area contributed by atoms with Crippen molar-refractivity contribution in [3.05, 3.63) is 0 Å². The molecule has 86 valence electrons. The Balaban J connectivity index is 2.65. The van der Waals surface area contributed by atoms with Crippen molar-refractivity contribution in [3.63, 3.8) is 0 Å². The highest BCUT2D eigenvalue weighted by Gasteiger charge is 2.36. The van der Waals surface area contributed by atoms with Crippen LogP contribution in [0.15, 0.2) is 0 Å². The highest BCUT2D eigenvalue weighted by atomic mass is 15.1. The highest BCUT2D eigenvalue weighted by Crippen LogP contribution is 2.30. The molecule has 0 spiro atoms. The van der Waals surface area contributed by atoms with Crippen molar-refractivity contribution in [1.29, 1.82) is 5.26 Å². The first-order chi connectivity index (χ1) is 7.17. The van der Waals surface area contributed by atoms with Gasteiger partial charge in [0.15, 0.2) is 0 Å². The molecule has 2 unspecified atom stereocenters. The first-order valence-corrected chi connectivity index (χ1v) is 6.04. The summed E-state index contributed by atoms with van der Waals surface area (Å²) >= 11 is 0. The van der Waals surface area contributed by atoms with E-state index >= 15 is 0 Å². The molecule has 0 bridgehead atoms. The van der Waals surface area contributed by atoms with E-state index in [0.29, 0.717) is 6.04 Å². The molecule has 1 saturated carbocycles. The van der Waals surface area contributed by atoms with E-state index in [2.05, 4.69) is 37.2 Å². The second kappa shape index (κ2) is 5.48. The summed E-state index contributed by atoms with van der Waals surface area (Å²) in [5.74, 6) is 0. The van der Waals surface area contributed by atoms with Gasteiger partial charge >= 0.3 is 0 Å². The minimum absolute atomic E-state index is 0.263. The summed E-state index contributed by atoms with van der Waals surface area (Å²) < 4.78 is 0. The third-order valence-corrected chi connectivity index (χ3v) is 3.58. The van der Waals surface area contributed by atoms with Crippen molar-refractivity contribution in [2.24, 2.45) is 0 Å². The zero-order valence-electron chi connectivity index (χ0n) is 10.2. The molecule has 0 aromatic carbocycles. The SMILES string of the molecule is CCNC1(C#N)CCCC(N(C)CC)C1. The molecule has 1 aliphatic rings. The molecular formula is C12H23N3. The summed E-state index contributed by atoms with van der Waals surface area (Å²) in [5.41, 5.74) is -0.263. The third-order valence-electron chi connectivity index (χ3n) is 3.58. The van der Waals surface area contributed by atoms with Crippen molar-refractivity contribution < 1.29 is 0 Å². The van der Waals surface area contributed by atoms with Gasteiger partial charge in [0.05, 0.1) is 6.07 Å². The molecule has 2 atom stereocenters. The summed E-state index contributed by atoms with van der Waals surface area (Å²) in [6, 6.07) is 3.06. The lowest BCUT2D eigenvalue weighted by atomic mass is 9.79. The molecule has 3 heteroatoms. The van der Waals surface area contributed by atoms with Crippen LogP contribution in [0.1, 0.15) is 39.5 Å². The maximum Gasteiger partial charge on any atom is 0.108 e. The van der Waals surface area contributed by atoms with E-state index in [1.165, 1.54) is 6.42 Å². The van der Waals surface area contributed by atoms with Gasteiger partial charge in [0, 0.05) is 6.04 Å². The predicted molar refractivity (Wildman–Crippen MR) is 62.6 cm³/mol. The predicted octanol–water partition coefficient (Wildman–Crippen LogP) is 1.75. The second-order valence-corrected chi connectivity index (χ2v) is 4.55. The van der Waals surface area contributed by atoms with Crippen LogP contribution in [0.3, 0.4) is 0 Å². The quantitative estimate of drug-likeness (QED) is 0.766. The van der Waals surface area contributed by atoms with E-state index in [4.69, 9.17) is 0 Å². The van der Waals surface area contributed by atoms with E-state index in [0.717, 1.165) is 32.4 Å². The fourth-order valence-electron chi connectivity index (χ4n) is 2.52. The van der Waals surface area contributed by atoms with E-state index in [9.17, 15) is 5.26 Å². The first kappa shape index (κ1) is 12.5. The van der Waals surface area contributed by atoms with E-state index in [1.807, 2.05) is 0 Å². The number of hydrogen-bond donors (Lipinski definition) is 1. The number of hydrogen-bond acceptors (Lipinski definition) is 3. The zero-order valence-corrected chi connectivity index (χ0v) is 10.2. The van der Waals surface area contributed by atoms with Gasteiger partial charge < -0.3 is 4.90 Å². The molecule has 0 saturated heterocycles. The Morgan fingerprint density at radius 2 is 2.27 bits per heavy atom. The molecule has 1 rings (SSSR count). The average Bonchev–Trinajstić information content (AvgIpc) is 2.28. The van der Waals surface area contributed by atoms with Crippen LogP contribution in [-0.4, -0.2) is 36.6 Å². The number of nitriles is 1. The largest absolute Gasteiger partial charge is 0.304 e. The van der Waals surface area contributed by atoms with Crippen molar-refractivity contribution in [2.75, 3.05) is 20.1 Å². The fourth-order valence-corrected chi connectivity index (χ4v) is 2.52. The highest BCUT2D eigenvalue weighted by molar-refractivity contribution is 5.10. The molecule has 1 N–H and O–H groups in total. The molecule has 0 aromatic heterocycles. The number of nitrogens with one attached hydrogen (secondary N) is 1. The molecule has 1 fully saturated rings. The van der Waals surface area contributed by atoms with Crippen molar-refractivity contribution in [1.82, 2.24) is 10.2 Å². The summed E-state index contributed by atoms with van der Waals surface area (Å²) in [6.45, 7) is 6.20. The van der Waals surface area contributed by atoms with E-state index in [-0.39, 0.29) is 5.54 Å². The van der Waals surface area contributed by atoms with Crippen LogP contribution in [0.25, 0.3) is 0 Å². The Labute approximate surface area is 93.5 Å². The standard InChI is InChI=1S/C12H23N3/c1-4-14-12(10-13)8-6-7-11(9-12)15(3)5-2/h11,14H,4-9H2,1-3H3. The van der Waals surface area contributed by atoms with Crippen LogP contribution in [0.4, 0.5) is 0 Å². The van der Waals surface area contributed by atoms with Gasteiger partial charge in [-0.1, -0.05) is 13.8 Å². The van der Waals surface area contributed by atoms with Crippen LogP contribution >= 0.6 is 0 Å².